The maximum Gasteiger partial charge on any atom is 0.154 e. The minimum absolute atomic E-state index is 0. The van der Waals surface area contributed by atoms with E-state index in [2.05, 4.69) is 36.8 Å². The van der Waals surface area contributed by atoms with Gasteiger partial charge in [0, 0.05) is 28.8 Å². The Bertz CT molecular complexity index is 453. The second kappa shape index (κ2) is 5.55. The molecule has 0 aromatic carbocycles. The Hall–Kier alpha value is -0.650. The summed E-state index contributed by atoms with van der Waals surface area (Å²) in [4.78, 5) is 9.17. The molecule has 1 saturated carbocycles. The number of halogens is 1. The molecule has 0 saturated heterocycles. The number of hydrogen-bond acceptors (Lipinski definition) is 3. The summed E-state index contributed by atoms with van der Waals surface area (Å²) in [6, 6.07) is 2.15. The van der Waals surface area contributed by atoms with Crippen LogP contribution < -0.4 is 5.73 Å². The summed E-state index contributed by atoms with van der Waals surface area (Å²) >= 11 is 0. The van der Waals surface area contributed by atoms with Gasteiger partial charge in [-0.15, -0.1) is 24.0 Å². The number of aromatic nitrogens is 2. The first-order chi connectivity index (χ1) is 7.86. The van der Waals surface area contributed by atoms with Crippen LogP contribution in [0.5, 0.6) is 0 Å². The van der Waals surface area contributed by atoms with E-state index >= 15 is 0 Å². The van der Waals surface area contributed by atoms with Crippen LogP contribution in [0.2, 0.25) is 0 Å². The number of nitrogens with zero attached hydrogens (tertiary/aromatic N) is 2. The van der Waals surface area contributed by atoms with Crippen LogP contribution in [0.25, 0.3) is 6.08 Å². The molecular weight excluding hydrogens is 337 g/mol. The molecule has 1 aliphatic rings. The topological polar surface area (TPSA) is 51.8 Å². The van der Waals surface area contributed by atoms with Crippen molar-refractivity contribution in [2.45, 2.75) is 51.9 Å². The van der Waals surface area contributed by atoms with E-state index < -0.39 is 0 Å². The molecule has 100 valence electrons. The SMILES string of the molecule is C/C(N)=C/c1nc(C2CC2)cc(C(C)(C)C)n1.I. The second-order valence-electron chi connectivity index (χ2n) is 5.95. The minimum Gasteiger partial charge on any atom is -0.402 e. The molecule has 2 rings (SSSR count). The van der Waals surface area contributed by atoms with Crippen LogP contribution in [0.15, 0.2) is 11.8 Å². The minimum atomic E-state index is 0. The van der Waals surface area contributed by atoms with E-state index in [4.69, 9.17) is 5.73 Å². The predicted octanol–water partition coefficient (Wildman–Crippen LogP) is 3.59. The lowest BCUT2D eigenvalue weighted by Gasteiger charge is -2.19. The van der Waals surface area contributed by atoms with Gasteiger partial charge in [0.1, 0.15) is 0 Å². The lowest BCUT2D eigenvalue weighted by atomic mass is 9.91. The van der Waals surface area contributed by atoms with Gasteiger partial charge in [0.2, 0.25) is 0 Å². The van der Waals surface area contributed by atoms with Crippen LogP contribution >= 0.6 is 24.0 Å². The molecule has 18 heavy (non-hydrogen) atoms. The first-order valence-electron chi connectivity index (χ1n) is 6.19. The first kappa shape index (κ1) is 15.4. The molecule has 2 N–H and O–H groups in total. The monoisotopic (exact) mass is 359 g/mol. The Kier molecular flexibility index (Phi) is 4.75. The zero-order valence-corrected chi connectivity index (χ0v) is 13.9. The van der Waals surface area contributed by atoms with Crippen LogP contribution in [-0.4, -0.2) is 9.97 Å². The summed E-state index contributed by atoms with van der Waals surface area (Å²) in [6.07, 6.45) is 4.36. The summed E-state index contributed by atoms with van der Waals surface area (Å²) in [5.41, 5.74) is 8.78. The second-order valence-corrected chi connectivity index (χ2v) is 5.95. The van der Waals surface area contributed by atoms with Crippen molar-refractivity contribution in [2.24, 2.45) is 5.73 Å². The van der Waals surface area contributed by atoms with Crippen molar-refractivity contribution in [3.63, 3.8) is 0 Å². The Balaban J connectivity index is 0.00000162. The molecule has 1 aliphatic carbocycles. The quantitative estimate of drug-likeness (QED) is 0.821. The number of nitrogens with two attached hydrogens (primary N) is 1. The summed E-state index contributed by atoms with van der Waals surface area (Å²) < 4.78 is 0. The van der Waals surface area contributed by atoms with Gasteiger partial charge in [-0.3, -0.25) is 0 Å². The third-order valence-electron chi connectivity index (χ3n) is 2.88. The highest BCUT2D eigenvalue weighted by Gasteiger charge is 2.27. The largest absolute Gasteiger partial charge is 0.402 e. The van der Waals surface area contributed by atoms with E-state index in [1.54, 1.807) is 0 Å². The molecule has 1 heterocycles. The van der Waals surface area contributed by atoms with Crippen molar-refractivity contribution in [3.05, 3.63) is 29.0 Å². The highest BCUT2D eigenvalue weighted by molar-refractivity contribution is 14.0. The van der Waals surface area contributed by atoms with E-state index in [0.29, 0.717) is 5.92 Å². The highest BCUT2D eigenvalue weighted by Crippen LogP contribution is 2.40. The van der Waals surface area contributed by atoms with Crippen LogP contribution in [-0.2, 0) is 5.41 Å². The third kappa shape index (κ3) is 3.93. The van der Waals surface area contributed by atoms with E-state index in [-0.39, 0.29) is 29.4 Å². The van der Waals surface area contributed by atoms with Gasteiger partial charge >= 0.3 is 0 Å². The van der Waals surface area contributed by atoms with Gasteiger partial charge in [-0.1, -0.05) is 20.8 Å². The standard InChI is InChI=1S/C14H21N3.HI/c1-9(15)7-13-16-11(10-5-6-10)8-12(17-13)14(2,3)4;/h7-8,10H,5-6,15H2,1-4H3;1H/b9-7-;. The Morgan fingerprint density at radius 3 is 2.39 bits per heavy atom. The highest BCUT2D eigenvalue weighted by atomic mass is 127. The van der Waals surface area contributed by atoms with E-state index in [0.717, 1.165) is 17.2 Å². The zero-order chi connectivity index (χ0) is 12.6. The normalized spacial score (nSPS) is 16.3. The van der Waals surface area contributed by atoms with Crippen molar-refractivity contribution in [1.82, 2.24) is 9.97 Å². The van der Waals surface area contributed by atoms with Crippen molar-refractivity contribution >= 4 is 30.1 Å². The Labute approximate surface area is 126 Å². The number of hydrogen-bond donors (Lipinski definition) is 1. The van der Waals surface area contributed by atoms with Gasteiger partial charge in [0.25, 0.3) is 0 Å². The lowest BCUT2D eigenvalue weighted by molar-refractivity contribution is 0.564. The average Bonchev–Trinajstić information content (AvgIpc) is 2.97. The maximum atomic E-state index is 5.71. The maximum absolute atomic E-state index is 5.71. The fourth-order valence-corrected chi connectivity index (χ4v) is 1.73. The Morgan fingerprint density at radius 1 is 1.33 bits per heavy atom. The van der Waals surface area contributed by atoms with E-state index in [1.807, 2.05) is 13.0 Å². The molecule has 0 unspecified atom stereocenters. The number of allylic oxidation sites excluding steroid dienone is 1. The molecule has 1 fully saturated rings. The molecule has 0 atom stereocenters. The van der Waals surface area contributed by atoms with Gasteiger partial charge in [-0.05, 0) is 25.8 Å². The molecule has 3 nitrogen and oxygen atoms in total. The third-order valence-corrected chi connectivity index (χ3v) is 2.88. The lowest BCUT2D eigenvalue weighted by Crippen LogP contribution is -2.15. The molecule has 4 heteroatoms. The van der Waals surface area contributed by atoms with Gasteiger partial charge in [0.05, 0.1) is 5.69 Å². The predicted molar refractivity (Wildman–Crippen MR) is 86.0 cm³/mol. The Morgan fingerprint density at radius 2 is 1.94 bits per heavy atom. The van der Waals surface area contributed by atoms with Crippen LogP contribution in [0, 0.1) is 0 Å². The summed E-state index contributed by atoms with van der Waals surface area (Å²) in [5.74, 6) is 1.39. The van der Waals surface area contributed by atoms with Crippen LogP contribution in [0.3, 0.4) is 0 Å². The average molecular weight is 359 g/mol. The molecule has 0 amide bonds. The smallest absolute Gasteiger partial charge is 0.154 e. The van der Waals surface area contributed by atoms with Gasteiger partial charge < -0.3 is 5.73 Å². The molecule has 0 aliphatic heterocycles. The summed E-state index contributed by atoms with van der Waals surface area (Å²) in [6.45, 7) is 8.39. The molecule has 1 aromatic heterocycles. The number of rotatable bonds is 2. The zero-order valence-electron chi connectivity index (χ0n) is 11.5. The van der Waals surface area contributed by atoms with Crippen LogP contribution in [0.1, 0.15) is 63.7 Å². The van der Waals surface area contributed by atoms with Crippen molar-refractivity contribution in [2.75, 3.05) is 0 Å². The van der Waals surface area contributed by atoms with Crippen molar-refractivity contribution < 1.29 is 0 Å². The van der Waals surface area contributed by atoms with Gasteiger partial charge in [0.15, 0.2) is 5.82 Å². The van der Waals surface area contributed by atoms with Crippen molar-refractivity contribution in [1.29, 1.82) is 0 Å². The summed E-state index contributed by atoms with van der Waals surface area (Å²) in [7, 11) is 0. The van der Waals surface area contributed by atoms with E-state index in [1.165, 1.54) is 18.5 Å². The van der Waals surface area contributed by atoms with Gasteiger partial charge in [-0.2, -0.15) is 0 Å². The first-order valence-corrected chi connectivity index (χ1v) is 6.19. The fourth-order valence-electron chi connectivity index (χ4n) is 1.73. The van der Waals surface area contributed by atoms with E-state index in [9.17, 15) is 0 Å². The molecular formula is C14H22IN3. The molecule has 1 aromatic rings. The van der Waals surface area contributed by atoms with Crippen LogP contribution in [0.4, 0.5) is 0 Å². The van der Waals surface area contributed by atoms with Gasteiger partial charge in [-0.25, -0.2) is 9.97 Å². The molecule has 0 radical (unpaired) electrons. The van der Waals surface area contributed by atoms with Crippen molar-refractivity contribution in [3.8, 4) is 0 Å². The molecule has 0 spiro atoms. The molecule has 0 bridgehead atoms. The fraction of sp³-hybridized carbons (Fsp3) is 0.571. The summed E-state index contributed by atoms with van der Waals surface area (Å²) in [5, 5.41) is 0.